The molecule has 0 unspecified atom stereocenters. The van der Waals surface area contributed by atoms with Gasteiger partial charge in [-0.2, -0.15) is 0 Å². The van der Waals surface area contributed by atoms with Crippen LogP contribution in [-0.4, -0.2) is 10.5 Å². The van der Waals surface area contributed by atoms with Gasteiger partial charge in [-0.1, -0.05) is 54.1 Å². The third-order valence-corrected chi connectivity index (χ3v) is 5.39. The number of aryl methyl sites for hydroxylation is 1. The zero-order valence-corrected chi connectivity index (χ0v) is 15.4. The lowest BCUT2D eigenvalue weighted by Gasteiger charge is -2.11. The number of aromatic nitrogens is 1. The summed E-state index contributed by atoms with van der Waals surface area (Å²) in [6.45, 7) is 2.92. The molecule has 2 aromatic heterocycles. The summed E-state index contributed by atoms with van der Waals surface area (Å²) in [5.41, 5.74) is 4.51. The first kappa shape index (κ1) is 16.6. The third-order valence-electron chi connectivity index (χ3n) is 4.50. The van der Waals surface area contributed by atoms with Crippen LogP contribution in [0.2, 0.25) is 0 Å². The fraction of sp³-hybridized carbons (Fsp3) is 0.136. The molecule has 0 fully saturated rings. The van der Waals surface area contributed by atoms with Gasteiger partial charge < -0.3 is 9.88 Å². The molecule has 0 atom stereocenters. The number of benzene rings is 2. The molecule has 0 saturated heterocycles. The first-order valence-corrected chi connectivity index (χ1v) is 9.53. The summed E-state index contributed by atoms with van der Waals surface area (Å²) < 4.78 is 2.10. The molecule has 0 aliphatic rings. The van der Waals surface area contributed by atoms with E-state index in [2.05, 4.69) is 70.7 Å². The molecule has 0 spiro atoms. The molecule has 130 valence electrons. The minimum atomic E-state index is 0.0183. The van der Waals surface area contributed by atoms with Crippen molar-refractivity contribution in [2.45, 2.75) is 20.0 Å². The van der Waals surface area contributed by atoms with Gasteiger partial charge in [0, 0.05) is 17.4 Å². The van der Waals surface area contributed by atoms with Crippen molar-refractivity contribution in [3.05, 3.63) is 83.2 Å². The quantitative estimate of drug-likeness (QED) is 0.534. The number of nitrogens with one attached hydrogen (secondary N) is 1. The normalized spacial score (nSPS) is 11.0. The van der Waals surface area contributed by atoms with Crippen LogP contribution < -0.4 is 5.32 Å². The SMILES string of the molecule is Cc1ccc(CNC(=O)Cn2c(-c3cccs3)cc3ccccc32)cc1. The lowest BCUT2D eigenvalue weighted by molar-refractivity contribution is -0.121. The van der Waals surface area contributed by atoms with E-state index < -0.39 is 0 Å². The van der Waals surface area contributed by atoms with Gasteiger partial charge in [-0.25, -0.2) is 0 Å². The molecule has 0 aliphatic carbocycles. The van der Waals surface area contributed by atoms with Gasteiger partial charge in [-0.15, -0.1) is 11.3 Å². The molecule has 0 saturated carbocycles. The fourth-order valence-corrected chi connectivity index (χ4v) is 3.87. The van der Waals surface area contributed by atoms with Crippen molar-refractivity contribution in [1.29, 1.82) is 0 Å². The maximum atomic E-state index is 12.6. The number of rotatable bonds is 5. The first-order valence-electron chi connectivity index (χ1n) is 8.65. The summed E-state index contributed by atoms with van der Waals surface area (Å²) in [4.78, 5) is 13.8. The van der Waals surface area contributed by atoms with Crippen molar-refractivity contribution in [3.8, 4) is 10.6 Å². The average Bonchev–Trinajstić information content (AvgIpc) is 3.30. The molecular weight excluding hydrogens is 340 g/mol. The van der Waals surface area contributed by atoms with Gasteiger partial charge in [0.25, 0.3) is 0 Å². The van der Waals surface area contributed by atoms with Crippen LogP contribution >= 0.6 is 11.3 Å². The molecule has 0 radical (unpaired) electrons. The molecule has 4 rings (SSSR count). The van der Waals surface area contributed by atoms with Crippen molar-refractivity contribution in [1.82, 2.24) is 9.88 Å². The van der Waals surface area contributed by atoms with Crippen LogP contribution in [0, 0.1) is 6.92 Å². The summed E-state index contributed by atoms with van der Waals surface area (Å²) in [5, 5.41) is 6.26. The van der Waals surface area contributed by atoms with E-state index in [1.54, 1.807) is 11.3 Å². The molecule has 2 heterocycles. The number of thiophene rings is 1. The molecule has 2 aromatic carbocycles. The Morgan fingerprint density at radius 3 is 2.62 bits per heavy atom. The number of nitrogens with zero attached hydrogens (tertiary/aromatic N) is 1. The van der Waals surface area contributed by atoms with E-state index in [0.717, 1.165) is 22.2 Å². The second kappa shape index (κ2) is 7.18. The Morgan fingerprint density at radius 1 is 1.04 bits per heavy atom. The number of amides is 1. The Kier molecular flexibility index (Phi) is 4.59. The van der Waals surface area contributed by atoms with Crippen molar-refractivity contribution in [2.75, 3.05) is 0 Å². The lowest BCUT2D eigenvalue weighted by atomic mass is 10.1. The maximum absolute atomic E-state index is 12.6. The van der Waals surface area contributed by atoms with Crippen LogP contribution in [0.3, 0.4) is 0 Å². The Morgan fingerprint density at radius 2 is 1.85 bits per heavy atom. The largest absolute Gasteiger partial charge is 0.350 e. The Labute approximate surface area is 156 Å². The Balaban J connectivity index is 1.57. The molecule has 0 aliphatic heterocycles. The summed E-state index contributed by atoms with van der Waals surface area (Å²) in [7, 11) is 0. The van der Waals surface area contributed by atoms with Crippen LogP contribution in [0.1, 0.15) is 11.1 Å². The highest BCUT2D eigenvalue weighted by Gasteiger charge is 2.14. The van der Waals surface area contributed by atoms with Crippen LogP contribution in [0.4, 0.5) is 0 Å². The predicted molar refractivity (Wildman–Crippen MR) is 108 cm³/mol. The number of carbonyl (C=O) groups excluding carboxylic acids is 1. The Hall–Kier alpha value is -2.85. The van der Waals surface area contributed by atoms with Crippen molar-refractivity contribution in [3.63, 3.8) is 0 Å². The van der Waals surface area contributed by atoms with Gasteiger partial charge in [0.15, 0.2) is 0 Å². The second-order valence-electron chi connectivity index (χ2n) is 6.41. The third kappa shape index (κ3) is 3.41. The second-order valence-corrected chi connectivity index (χ2v) is 7.36. The molecule has 4 aromatic rings. The number of hydrogen-bond donors (Lipinski definition) is 1. The van der Waals surface area contributed by atoms with Gasteiger partial charge >= 0.3 is 0 Å². The van der Waals surface area contributed by atoms with Crippen LogP contribution in [-0.2, 0) is 17.9 Å². The molecule has 1 amide bonds. The highest BCUT2D eigenvalue weighted by Crippen LogP contribution is 2.31. The summed E-state index contributed by atoms with van der Waals surface area (Å²) >= 11 is 1.69. The lowest BCUT2D eigenvalue weighted by Crippen LogP contribution is -2.27. The zero-order valence-electron chi connectivity index (χ0n) is 14.6. The number of fused-ring (bicyclic) bond motifs is 1. The standard InChI is InChI=1S/C22H20N2OS/c1-16-8-10-17(11-9-16)14-23-22(25)15-24-19-6-3-2-5-18(19)13-20(24)21-7-4-12-26-21/h2-13H,14-15H2,1H3,(H,23,25). The van der Waals surface area contributed by atoms with Crippen molar-refractivity contribution >= 4 is 28.1 Å². The average molecular weight is 360 g/mol. The van der Waals surface area contributed by atoms with E-state index in [-0.39, 0.29) is 5.91 Å². The topological polar surface area (TPSA) is 34.0 Å². The van der Waals surface area contributed by atoms with E-state index in [9.17, 15) is 4.79 Å². The van der Waals surface area contributed by atoms with Gasteiger partial charge in [-0.05, 0) is 36.1 Å². The molecule has 1 N–H and O–H groups in total. The highest BCUT2D eigenvalue weighted by atomic mass is 32.1. The molecular formula is C22H20N2OS. The predicted octanol–water partition coefficient (Wildman–Crippen LogP) is 4.99. The van der Waals surface area contributed by atoms with Crippen LogP contribution in [0.5, 0.6) is 0 Å². The Bertz CT molecular complexity index is 1030. The molecule has 26 heavy (non-hydrogen) atoms. The number of hydrogen-bond acceptors (Lipinski definition) is 2. The van der Waals surface area contributed by atoms with Gasteiger partial charge in [0.2, 0.25) is 5.91 Å². The van der Waals surface area contributed by atoms with Crippen LogP contribution in [0.15, 0.2) is 72.1 Å². The van der Waals surface area contributed by atoms with E-state index >= 15 is 0 Å². The summed E-state index contributed by atoms with van der Waals surface area (Å²) in [6, 6.07) is 22.7. The summed E-state index contributed by atoms with van der Waals surface area (Å²) in [6.07, 6.45) is 0. The van der Waals surface area contributed by atoms with Gasteiger partial charge in [0.05, 0.1) is 10.6 Å². The number of para-hydroxylation sites is 1. The zero-order chi connectivity index (χ0) is 17.9. The van der Waals surface area contributed by atoms with E-state index in [0.29, 0.717) is 13.1 Å². The van der Waals surface area contributed by atoms with Crippen molar-refractivity contribution in [2.24, 2.45) is 0 Å². The van der Waals surface area contributed by atoms with Crippen LogP contribution in [0.25, 0.3) is 21.5 Å². The fourth-order valence-electron chi connectivity index (χ4n) is 3.12. The van der Waals surface area contributed by atoms with Crippen molar-refractivity contribution < 1.29 is 4.79 Å². The summed E-state index contributed by atoms with van der Waals surface area (Å²) in [5.74, 6) is 0.0183. The minimum absolute atomic E-state index is 0.0183. The molecule has 0 bridgehead atoms. The minimum Gasteiger partial charge on any atom is -0.350 e. The molecule has 4 heteroatoms. The van der Waals surface area contributed by atoms with Gasteiger partial charge in [0.1, 0.15) is 6.54 Å². The van der Waals surface area contributed by atoms with Gasteiger partial charge in [-0.3, -0.25) is 4.79 Å². The maximum Gasteiger partial charge on any atom is 0.240 e. The smallest absolute Gasteiger partial charge is 0.240 e. The van der Waals surface area contributed by atoms with E-state index in [4.69, 9.17) is 0 Å². The van der Waals surface area contributed by atoms with E-state index in [1.807, 2.05) is 18.2 Å². The van der Waals surface area contributed by atoms with E-state index in [1.165, 1.54) is 10.4 Å². The first-order chi connectivity index (χ1) is 12.7. The monoisotopic (exact) mass is 360 g/mol. The molecule has 3 nitrogen and oxygen atoms in total. The highest BCUT2D eigenvalue weighted by molar-refractivity contribution is 7.13. The number of carbonyl (C=O) groups is 1.